The van der Waals surface area contributed by atoms with Crippen molar-refractivity contribution in [3.8, 4) is 0 Å². The molecule has 0 atom stereocenters. The van der Waals surface area contributed by atoms with E-state index in [1.165, 1.54) is 76.8 Å². The van der Waals surface area contributed by atoms with Crippen molar-refractivity contribution in [2.75, 3.05) is 0 Å². The smallest absolute Gasteiger partial charge is 1.00 e. The third-order valence-corrected chi connectivity index (χ3v) is 10.4. The van der Waals surface area contributed by atoms with Crippen LogP contribution in [0.15, 0.2) is 54.1 Å². The first-order chi connectivity index (χ1) is 17.0. The molecule has 8 rings (SSSR count). The standard InChI is InChI=1S/C36H43.2ClH.Zr/c1-34(2,3)26-11-10-25-15-30-31(17-27(35(4,5)6)18-32(30)29(25)16-26)28-8-7-9-33(28)36-19-22-12-23(20-36)14-24(13-22)21-36;;;/h7,9-11,15-18,22-24H,8,12-14,19-21H2,1-6H3;2*1H;/q-1;;;+3/p-2. The predicted molar refractivity (Wildman–Crippen MR) is 156 cm³/mol. The molecule has 3 heteroatoms. The number of halogens is 2. The van der Waals surface area contributed by atoms with Crippen LogP contribution in [-0.2, 0) is 37.0 Å². The van der Waals surface area contributed by atoms with Gasteiger partial charge in [-0.3, -0.25) is 0 Å². The van der Waals surface area contributed by atoms with Crippen LogP contribution in [0.4, 0.5) is 0 Å². The van der Waals surface area contributed by atoms with Crippen LogP contribution < -0.4 is 24.8 Å². The average molecular weight is 638 g/mol. The zero-order chi connectivity index (χ0) is 25.0. The van der Waals surface area contributed by atoms with E-state index in [1.807, 2.05) is 0 Å². The van der Waals surface area contributed by atoms with E-state index in [4.69, 9.17) is 0 Å². The van der Waals surface area contributed by atoms with E-state index < -0.39 is 0 Å². The Kier molecular flexibility index (Phi) is 8.41. The summed E-state index contributed by atoms with van der Waals surface area (Å²) in [5.41, 5.74) is 8.56. The third kappa shape index (κ3) is 5.10. The van der Waals surface area contributed by atoms with Gasteiger partial charge in [-0.05, 0) is 84.5 Å². The van der Waals surface area contributed by atoms with Crippen LogP contribution in [0.25, 0.3) is 27.1 Å². The van der Waals surface area contributed by atoms with Crippen LogP contribution in [0.2, 0.25) is 0 Å². The molecule has 5 aliphatic carbocycles. The number of allylic oxidation sites excluding steroid dienone is 4. The normalized spacial score (nSPS) is 27.6. The molecule has 4 saturated carbocycles. The van der Waals surface area contributed by atoms with Crippen LogP contribution in [0.3, 0.4) is 0 Å². The quantitative estimate of drug-likeness (QED) is 0.369. The summed E-state index contributed by atoms with van der Waals surface area (Å²) >= 11 is 0. The average Bonchev–Trinajstić information content (AvgIpc) is 3.41. The molecule has 0 N–H and O–H groups in total. The van der Waals surface area contributed by atoms with Crippen LogP contribution >= 0.6 is 0 Å². The Morgan fingerprint density at radius 1 is 0.744 bits per heavy atom. The molecule has 205 valence electrons. The Morgan fingerprint density at radius 2 is 1.31 bits per heavy atom. The number of hydrogen-bond acceptors (Lipinski definition) is 0. The van der Waals surface area contributed by atoms with Crippen LogP contribution in [-0.4, -0.2) is 0 Å². The van der Waals surface area contributed by atoms with Crippen molar-refractivity contribution in [2.45, 2.75) is 97.3 Å². The molecule has 0 amide bonds. The summed E-state index contributed by atoms with van der Waals surface area (Å²) in [7, 11) is 0. The number of rotatable bonds is 2. The Labute approximate surface area is 267 Å². The number of fused-ring (bicyclic) bond motifs is 3. The molecule has 3 aromatic carbocycles. The summed E-state index contributed by atoms with van der Waals surface area (Å²) in [6.07, 6.45) is 15.0. The first-order valence-corrected chi connectivity index (χ1v) is 14.6. The summed E-state index contributed by atoms with van der Waals surface area (Å²) in [5, 5.41) is 5.77. The molecule has 0 unspecified atom stereocenters. The van der Waals surface area contributed by atoms with Gasteiger partial charge in [0, 0.05) is 0 Å². The minimum atomic E-state index is 0. The van der Waals surface area contributed by atoms with E-state index in [9.17, 15) is 0 Å². The minimum Gasteiger partial charge on any atom is -1.00 e. The predicted octanol–water partition coefficient (Wildman–Crippen LogP) is 4.24. The molecular formula is C36H43Cl2Zr. The van der Waals surface area contributed by atoms with Gasteiger partial charge in [0.2, 0.25) is 0 Å². The molecule has 0 heterocycles. The summed E-state index contributed by atoms with van der Waals surface area (Å²) in [6, 6.07) is 14.8. The van der Waals surface area contributed by atoms with E-state index >= 15 is 0 Å². The first kappa shape index (κ1) is 31.2. The maximum absolute atomic E-state index is 2.58. The molecule has 0 spiro atoms. The summed E-state index contributed by atoms with van der Waals surface area (Å²) in [5.74, 6) is 2.95. The second-order valence-electron chi connectivity index (χ2n) is 15.1. The Morgan fingerprint density at radius 3 is 1.87 bits per heavy atom. The summed E-state index contributed by atoms with van der Waals surface area (Å²) < 4.78 is 0. The van der Waals surface area contributed by atoms with Gasteiger partial charge in [0.05, 0.1) is 0 Å². The van der Waals surface area contributed by atoms with Gasteiger partial charge in [-0.1, -0.05) is 100 Å². The zero-order valence-corrected chi connectivity index (χ0v) is 28.5. The Balaban J connectivity index is 0.00000118. The fraction of sp³-hybridized carbons (Fsp3) is 0.528. The van der Waals surface area contributed by atoms with Gasteiger partial charge in [0.1, 0.15) is 0 Å². The SMILES string of the molecule is CC(C)(C)c1ccc2[cH-]c3c(C4=C(C56CC7CC(CC(C7)C5)C6)C=CC4)cc(C(C)(C)C)cc3c2c1.[Cl-].[Cl-].[Zr+3]. The molecule has 4 bridgehead atoms. The van der Waals surface area contributed by atoms with Crippen molar-refractivity contribution in [3.05, 3.63) is 70.8 Å². The molecule has 0 nitrogen and oxygen atoms in total. The van der Waals surface area contributed by atoms with Crippen molar-refractivity contribution in [1.29, 1.82) is 0 Å². The van der Waals surface area contributed by atoms with Crippen molar-refractivity contribution in [1.82, 2.24) is 0 Å². The fourth-order valence-corrected chi connectivity index (χ4v) is 8.95. The van der Waals surface area contributed by atoms with Gasteiger partial charge in [-0.2, -0.15) is 0 Å². The first-order valence-electron chi connectivity index (χ1n) is 14.6. The van der Waals surface area contributed by atoms with E-state index in [0.717, 1.165) is 24.2 Å². The molecule has 5 aliphatic rings. The summed E-state index contributed by atoms with van der Waals surface area (Å²) in [6.45, 7) is 14.1. The van der Waals surface area contributed by atoms with Gasteiger partial charge < -0.3 is 24.8 Å². The summed E-state index contributed by atoms with van der Waals surface area (Å²) in [4.78, 5) is 0. The van der Waals surface area contributed by atoms with E-state index in [-0.39, 0.29) is 61.8 Å². The van der Waals surface area contributed by atoms with Gasteiger partial charge in [0.15, 0.2) is 0 Å². The maximum atomic E-state index is 2.58. The topological polar surface area (TPSA) is 0 Å². The van der Waals surface area contributed by atoms with Gasteiger partial charge in [0.25, 0.3) is 0 Å². The molecule has 39 heavy (non-hydrogen) atoms. The second kappa shape index (κ2) is 10.5. The van der Waals surface area contributed by atoms with Crippen molar-refractivity contribution < 1.29 is 51.0 Å². The van der Waals surface area contributed by atoms with E-state index in [1.54, 1.807) is 11.1 Å². The second-order valence-corrected chi connectivity index (χ2v) is 15.1. The molecule has 0 aliphatic heterocycles. The van der Waals surface area contributed by atoms with Gasteiger partial charge >= 0.3 is 26.2 Å². The number of benzene rings is 2. The maximum Gasteiger partial charge on any atom is 3.00 e. The molecule has 3 aromatic rings. The molecule has 0 aromatic heterocycles. The Hall–Kier alpha value is -0.747. The van der Waals surface area contributed by atoms with Crippen molar-refractivity contribution in [2.24, 2.45) is 23.2 Å². The van der Waals surface area contributed by atoms with E-state index in [2.05, 4.69) is 90.1 Å². The Bertz CT molecular complexity index is 1420. The largest absolute Gasteiger partial charge is 3.00 e. The van der Waals surface area contributed by atoms with Crippen LogP contribution in [0, 0.1) is 23.2 Å². The molecule has 0 saturated heterocycles. The molecular weight excluding hydrogens is 595 g/mol. The zero-order valence-electron chi connectivity index (χ0n) is 24.6. The van der Waals surface area contributed by atoms with Crippen molar-refractivity contribution in [3.63, 3.8) is 0 Å². The van der Waals surface area contributed by atoms with Gasteiger partial charge in [-0.15, -0.1) is 33.7 Å². The van der Waals surface area contributed by atoms with Crippen LogP contribution in [0.5, 0.6) is 0 Å². The van der Waals surface area contributed by atoms with Crippen LogP contribution in [0.1, 0.15) is 103 Å². The van der Waals surface area contributed by atoms with Crippen molar-refractivity contribution >= 4 is 27.1 Å². The van der Waals surface area contributed by atoms with Gasteiger partial charge in [-0.25, -0.2) is 0 Å². The third-order valence-electron chi connectivity index (χ3n) is 10.4. The molecule has 4 fully saturated rings. The minimum absolute atomic E-state index is 0. The number of hydrogen-bond donors (Lipinski definition) is 0. The van der Waals surface area contributed by atoms with E-state index in [0.29, 0.717) is 5.41 Å². The molecule has 1 radical (unpaired) electrons. The monoisotopic (exact) mass is 635 g/mol. The fourth-order valence-electron chi connectivity index (χ4n) is 8.95.